The number of hydrogen-bond donors (Lipinski definition) is 2. The Bertz CT molecular complexity index is 333. The van der Waals surface area contributed by atoms with E-state index in [-0.39, 0.29) is 5.09 Å². The Hall–Kier alpha value is -0.930. The van der Waals surface area contributed by atoms with Crippen molar-refractivity contribution in [3.63, 3.8) is 0 Å². The van der Waals surface area contributed by atoms with Gasteiger partial charge in [0.15, 0.2) is 5.09 Å². The Labute approximate surface area is 74.5 Å². The molecule has 0 bridgehead atoms. The minimum absolute atomic E-state index is 0.168. The fourth-order valence-electron chi connectivity index (χ4n) is 1.19. The van der Waals surface area contributed by atoms with Gasteiger partial charge < -0.3 is 10.2 Å². The van der Waals surface area contributed by atoms with Crippen molar-refractivity contribution < 1.29 is 10.2 Å². The summed E-state index contributed by atoms with van der Waals surface area (Å²) in [5.41, 5.74) is 0.861. The summed E-state index contributed by atoms with van der Waals surface area (Å²) in [5, 5.41) is 18.8. The first-order valence-electron chi connectivity index (χ1n) is 3.63. The summed E-state index contributed by atoms with van der Waals surface area (Å²) in [6.45, 7) is 0. The second kappa shape index (κ2) is 2.84. The van der Waals surface area contributed by atoms with Crippen molar-refractivity contribution in [2.45, 2.75) is 11.0 Å². The van der Waals surface area contributed by atoms with Crippen LogP contribution in [0, 0.1) is 0 Å². The molecule has 2 N–H and O–H groups in total. The SMILES string of the molecule is OC1=CC(O)c2ccccc2S1. The van der Waals surface area contributed by atoms with Crippen LogP contribution in [0.15, 0.2) is 40.3 Å². The summed E-state index contributed by atoms with van der Waals surface area (Å²) in [5.74, 6) is 0. The molecular formula is C9H8O2S. The summed E-state index contributed by atoms with van der Waals surface area (Å²) >= 11 is 1.27. The van der Waals surface area contributed by atoms with Gasteiger partial charge in [-0.3, -0.25) is 0 Å². The molecule has 2 rings (SSSR count). The first-order valence-corrected chi connectivity index (χ1v) is 4.44. The maximum atomic E-state index is 9.48. The van der Waals surface area contributed by atoms with Crippen LogP contribution >= 0.6 is 11.8 Å². The zero-order valence-corrected chi connectivity index (χ0v) is 7.08. The highest BCUT2D eigenvalue weighted by Crippen LogP contribution is 2.37. The summed E-state index contributed by atoms with van der Waals surface area (Å²) in [7, 11) is 0. The standard InChI is InChI=1S/C9H8O2S/c10-7-5-9(11)12-8-4-2-1-3-6(7)8/h1-5,7,10-11H. The maximum absolute atomic E-state index is 9.48. The molecule has 62 valence electrons. The van der Waals surface area contributed by atoms with Crippen LogP contribution in [0.4, 0.5) is 0 Å². The molecule has 1 aromatic carbocycles. The number of aliphatic hydroxyl groups excluding tert-OH is 2. The minimum Gasteiger partial charge on any atom is -0.502 e. The molecule has 1 atom stereocenters. The van der Waals surface area contributed by atoms with Crippen molar-refractivity contribution in [1.29, 1.82) is 0 Å². The highest BCUT2D eigenvalue weighted by molar-refractivity contribution is 8.03. The van der Waals surface area contributed by atoms with E-state index in [1.165, 1.54) is 17.8 Å². The zero-order chi connectivity index (χ0) is 8.55. The van der Waals surface area contributed by atoms with E-state index in [2.05, 4.69) is 0 Å². The van der Waals surface area contributed by atoms with Gasteiger partial charge in [0.1, 0.15) is 6.10 Å². The molecular weight excluding hydrogens is 172 g/mol. The number of fused-ring (bicyclic) bond motifs is 1. The molecule has 2 nitrogen and oxygen atoms in total. The molecule has 12 heavy (non-hydrogen) atoms. The summed E-state index contributed by atoms with van der Waals surface area (Å²) in [6, 6.07) is 7.50. The van der Waals surface area contributed by atoms with Crippen molar-refractivity contribution in [3.8, 4) is 0 Å². The predicted octanol–water partition coefficient (Wildman–Crippen LogP) is 2.23. The molecule has 0 aliphatic carbocycles. The van der Waals surface area contributed by atoms with Crippen LogP contribution in [0.3, 0.4) is 0 Å². The average molecular weight is 180 g/mol. The average Bonchev–Trinajstić information content (AvgIpc) is 2.04. The lowest BCUT2D eigenvalue weighted by molar-refractivity contribution is 0.220. The summed E-state index contributed by atoms with van der Waals surface area (Å²) < 4.78 is 0. The fraction of sp³-hybridized carbons (Fsp3) is 0.111. The van der Waals surface area contributed by atoms with Gasteiger partial charge in [-0.25, -0.2) is 0 Å². The lowest BCUT2D eigenvalue weighted by Crippen LogP contribution is -2.00. The molecule has 0 saturated heterocycles. The van der Waals surface area contributed by atoms with E-state index in [0.717, 1.165) is 10.5 Å². The molecule has 0 spiro atoms. The van der Waals surface area contributed by atoms with Gasteiger partial charge in [-0.15, -0.1) is 0 Å². The normalized spacial score (nSPS) is 21.4. The Morgan fingerprint density at radius 2 is 2.00 bits per heavy atom. The molecule has 0 fully saturated rings. The van der Waals surface area contributed by atoms with E-state index in [4.69, 9.17) is 0 Å². The van der Waals surface area contributed by atoms with E-state index in [1.54, 1.807) is 0 Å². The van der Waals surface area contributed by atoms with Crippen LogP contribution in [-0.4, -0.2) is 10.2 Å². The second-order valence-electron chi connectivity index (χ2n) is 2.59. The van der Waals surface area contributed by atoms with Crippen molar-refractivity contribution in [3.05, 3.63) is 41.0 Å². The molecule has 1 aliphatic heterocycles. The minimum atomic E-state index is -0.664. The van der Waals surface area contributed by atoms with Crippen molar-refractivity contribution in [1.82, 2.24) is 0 Å². The van der Waals surface area contributed by atoms with E-state index >= 15 is 0 Å². The molecule has 1 unspecified atom stereocenters. The number of aliphatic hydroxyl groups is 2. The van der Waals surface area contributed by atoms with Gasteiger partial charge in [0.05, 0.1) is 0 Å². The van der Waals surface area contributed by atoms with Gasteiger partial charge in [-0.05, 0) is 17.7 Å². The van der Waals surface area contributed by atoms with Gasteiger partial charge in [-0.2, -0.15) is 0 Å². The van der Waals surface area contributed by atoms with E-state index in [0.29, 0.717) is 0 Å². The van der Waals surface area contributed by atoms with Gasteiger partial charge in [0.25, 0.3) is 0 Å². The van der Waals surface area contributed by atoms with Gasteiger partial charge in [-0.1, -0.05) is 30.0 Å². The topological polar surface area (TPSA) is 40.5 Å². The third-order valence-corrected chi connectivity index (χ3v) is 2.69. The predicted molar refractivity (Wildman–Crippen MR) is 48.0 cm³/mol. The van der Waals surface area contributed by atoms with Crippen LogP contribution in [-0.2, 0) is 0 Å². The van der Waals surface area contributed by atoms with Gasteiger partial charge >= 0.3 is 0 Å². The second-order valence-corrected chi connectivity index (χ2v) is 3.65. The third kappa shape index (κ3) is 1.21. The van der Waals surface area contributed by atoms with Crippen molar-refractivity contribution in [2.24, 2.45) is 0 Å². The Kier molecular flexibility index (Phi) is 1.83. The molecule has 0 saturated carbocycles. The van der Waals surface area contributed by atoms with Crippen molar-refractivity contribution in [2.75, 3.05) is 0 Å². The quantitative estimate of drug-likeness (QED) is 0.643. The van der Waals surface area contributed by atoms with Gasteiger partial charge in [0, 0.05) is 4.90 Å². The third-order valence-electron chi connectivity index (χ3n) is 1.75. The molecule has 1 heterocycles. The Morgan fingerprint density at radius 1 is 1.25 bits per heavy atom. The van der Waals surface area contributed by atoms with Crippen LogP contribution in [0.5, 0.6) is 0 Å². The molecule has 0 amide bonds. The van der Waals surface area contributed by atoms with Crippen molar-refractivity contribution >= 4 is 11.8 Å². The number of benzene rings is 1. The molecule has 0 radical (unpaired) electrons. The highest BCUT2D eigenvalue weighted by atomic mass is 32.2. The monoisotopic (exact) mass is 180 g/mol. The lowest BCUT2D eigenvalue weighted by atomic mass is 10.1. The largest absolute Gasteiger partial charge is 0.502 e. The highest BCUT2D eigenvalue weighted by Gasteiger charge is 2.17. The van der Waals surface area contributed by atoms with Crippen LogP contribution in [0.1, 0.15) is 11.7 Å². The van der Waals surface area contributed by atoms with Crippen LogP contribution in [0.25, 0.3) is 0 Å². The number of rotatable bonds is 0. The lowest BCUT2D eigenvalue weighted by Gasteiger charge is -2.16. The Morgan fingerprint density at radius 3 is 2.83 bits per heavy atom. The molecule has 1 aromatic rings. The Balaban J connectivity index is 2.48. The van der Waals surface area contributed by atoms with E-state index in [9.17, 15) is 10.2 Å². The fourth-order valence-corrected chi connectivity index (χ4v) is 2.06. The summed E-state index contributed by atoms with van der Waals surface area (Å²) in [4.78, 5) is 0.921. The molecule has 0 aromatic heterocycles. The number of hydrogen-bond acceptors (Lipinski definition) is 3. The first kappa shape index (κ1) is 7.71. The first-order chi connectivity index (χ1) is 5.77. The smallest absolute Gasteiger partial charge is 0.153 e. The van der Waals surface area contributed by atoms with Crippen LogP contribution < -0.4 is 0 Å². The molecule has 3 heteroatoms. The maximum Gasteiger partial charge on any atom is 0.153 e. The van der Waals surface area contributed by atoms with E-state index in [1.807, 2.05) is 24.3 Å². The van der Waals surface area contributed by atoms with Crippen LogP contribution in [0.2, 0.25) is 0 Å². The zero-order valence-electron chi connectivity index (χ0n) is 6.27. The van der Waals surface area contributed by atoms with E-state index < -0.39 is 6.10 Å². The summed E-state index contributed by atoms with van der Waals surface area (Å²) in [6.07, 6.45) is 0.773. The van der Waals surface area contributed by atoms with Gasteiger partial charge in [0.2, 0.25) is 0 Å². The molecule has 1 aliphatic rings. The number of thioether (sulfide) groups is 1.